The van der Waals surface area contributed by atoms with Crippen molar-refractivity contribution < 1.29 is 9.59 Å². The number of hydrogen-bond acceptors (Lipinski definition) is 3. The molecule has 0 radical (unpaired) electrons. The van der Waals surface area contributed by atoms with Gasteiger partial charge < -0.3 is 16.4 Å². The molecule has 2 rings (SSSR count). The third-order valence-corrected chi connectivity index (χ3v) is 3.22. The summed E-state index contributed by atoms with van der Waals surface area (Å²) in [6.45, 7) is -0.0199. The lowest BCUT2D eigenvalue weighted by molar-refractivity contribution is -0.125. The quantitative estimate of drug-likeness (QED) is 0.562. The second kappa shape index (κ2) is 4.82. The van der Waals surface area contributed by atoms with Crippen LogP contribution in [0.1, 0.15) is 25.7 Å². The van der Waals surface area contributed by atoms with Crippen molar-refractivity contribution in [1.29, 1.82) is 0 Å². The highest BCUT2D eigenvalue weighted by Gasteiger charge is 2.42. The first-order chi connectivity index (χ1) is 7.70. The monoisotopic (exact) mass is 225 g/mol. The summed E-state index contributed by atoms with van der Waals surface area (Å²) in [6.07, 6.45) is 4.93. The van der Waals surface area contributed by atoms with E-state index in [1.807, 2.05) is 0 Å². The maximum Gasteiger partial charge on any atom is 0.239 e. The maximum absolute atomic E-state index is 11.6. The molecular formula is C11H19N3O2. The van der Waals surface area contributed by atoms with Crippen LogP contribution in [0.5, 0.6) is 0 Å². The number of nitrogens with one attached hydrogen (secondary N) is 2. The van der Waals surface area contributed by atoms with Gasteiger partial charge in [0.25, 0.3) is 0 Å². The van der Waals surface area contributed by atoms with E-state index < -0.39 is 0 Å². The molecule has 0 aromatic heterocycles. The van der Waals surface area contributed by atoms with Crippen molar-refractivity contribution in [3.05, 3.63) is 0 Å². The predicted octanol–water partition coefficient (Wildman–Crippen LogP) is -0.634. The Morgan fingerprint density at radius 1 is 1.12 bits per heavy atom. The molecule has 2 aliphatic rings. The van der Waals surface area contributed by atoms with Gasteiger partial charge in [-0.3, -0.25) is 9.59 Å². The molecule has 0 aromatic rings. The van der Waals surface area contributed by atoms with Crippen molar-refractivity contribution in [2.24, 2.45) is 17.6 Å². The lowest BCUT2D eigenvalue weighted by Crippen LogP contribution is -2.44. The fraction of sp³-hybridized carbons (Fsp3) is 0.818. The van der Waals surface area contributed by atoms with Crippen molar-refractivity contribution in [1.82, 2.24) is 10.6 Å². The Morgan fingerprint density at radius 2 is 1.69 bits per heavy atom. The van der Waals surface area contributed by atoms with Crippen LogP contribution in [0.3, 0.4) is 0 Å². The number of hydrogen-bond donors (Lipinski definition) is 3. The number of rotatable bonds is 6. The van der Waals surface area contributed by atoms with Crippen LogP contribution >= 0.6 is 0 Å². The molecule has 0 unspecified atom stereocenters. The summed E-state index contributed by atoms with van der Waals surface area (Å²) in [5, 5.41) is 5.51. The van der Waals surface area contributed by atoms with E-state index in [0.29, 0.717) is 17.9 Å². The van der Waals surface area contributed by atoms with Crippen LogP contribution in [0, 0.1) is 11.8 Å². The zero-order valence-electron chi connectivity index (χ0n) is 9.37. The molecule has 0 aromatic carbocycles. The number of nitrogens with two attached hydrogens (primary N) is 1. The lowest BCUT2D eigenvalue weighted by atomic mass is 10.1. The van der Waals surface area contributed by atoms with E-state index in [2.05, 4.69) is 10.6 Å². The first kappa shape index (κ1) is 11.4. The Balaban J connectivity index is 1.70. The molecule has 2 fully saturated rings. The van der Waals surface area contributed by atoms with Crippen LogP contribution in [0.4, 0.5) is 0 Å². The SMILES string of the molecule is NCC(=O)NCC(=O)NC(C1CC1)C1CC1. The van der Waals surface area contributed by atoms with Crippen LogP contribution in [0.25, 0.3) is 0 Å². The molecule has 0 atom stereocenters. The lowest BCUT2D eigenvalue weighted by Gasteiger charge is -2.17. The van der Waals surface area contributed by atoms with E-state index >= 15 is 0 Å². The minimum absolute atomic E-state index is 0.0476. The molecule has 0 bridgehead atoms. The summed E-state index contributed by atoms with van der Waals surface area (Å²) in [6, 6.07) is 0.349. The topological polar surface area (TPSA) is 84.2 Å². The Bertz CT molecular complexity index is 273. The maximum atomic E-state index is 11.6. The van der Waals surface area contributed by atoms with Gasteiger partial charge in [-0.05, 0) is 37.5 Å². The molecule has 0 saturated heterocycles. The second-order valence-corrected chi connectivity index (χ2v) is 4.75. The van der Waals surface area contributed by atoms with Crippen LogP contribution in [-0.4, -0.2) is 30.9 Å². The van der Waals surface area contributed by atoms with Crippen molar-refractivity contribution in [2.45, 2.75) is 31.7 Å². The Labute approximate surface area is 95.1 Å². The first-order valence-electron chi connectivity index (χ1n) is 5.97. The van der Waals surface area contributed by atoms with Gasteiger partial charge in [-0.15, -0.1) is 0 Å². The highest BCUT2D eigenvalue weighted by atomic mass is 16.2. The average molecular weight is 225 g/mol. The molecule has 2 aliphatic carbocycles. The van der Waals surface area contributed by atoms with E-state index in [1.165, 1.54) is 25.7 Å². The van der Waals surface area contributed by atoms with Gasteiger partial charge in [0.15, 0.2) is 0 Å². The summed E-state index contributed by atoms with van der Waals surface area (Å²) < 4.78 is 0. The van der Waals surface area contributed by atoms with Crippen molar-refractivity contribution in [2.75, 3.05) is 13.1 Å². The standard InChI is InChI=1S/C11H19N3O2/c12-5-9(15)13-6-10(16)14-11(7-1-2-7)8-3-4-8/h7-8,11H,1-6,12H2,(H,13,15)(H,14,16). The smallest absolute Gasteiger partial charge is 0.239 e. The molecule has 4 N–H and O–H groups in total. The zero-order valence-corrected chi connectivity index (χ0v) is 9.37. The van der Waals surface area contributed by atoms with Gasteiger partial charge in [-0.2, -0.15) is 0 Å². The third-order valence-electron chi connectivity index (χ3n) is 3.22. The van der Waals surface area contributed by atoms with Gasteiger partial charge in [0.05, 0.1) is 13.1 Å². The highest BCUT2D eigenvalue weighted by Crippen LogP contribution is 2.44. The normalized spacial score (nSPS) is 19.6. The van der Waals surface area contributed by atoms with E-state index in [-0.39, 0.29) is 24.9 Å². The van der Waals surface area contributed by atoms with Crippen molar-refractivity contribution >= 4 is 11.8 Å². The molecule has 0 heterocycles. The fourth-order valence-electron chi connectivity index (χ4n) is 2.02. The molecule has 2 saturated carbocycles. The number of carbonyl (C=O) groups is 2. The molecule has 16 heavy (non-hydrogen) atoms. The molecule has 5 heteroatoms. The summed E-state index contributed by atoms with van der Waals surface area (Å²) in [7, 11) is 0. The Kier molecular flexibility index (Phi) is 3.43. The highest BCUT2D eigenvalue weighted by molar-refractivity contribution is 5.85. The van der Waals surface area contributed by atoms with Gasteiger partial charge in [-0.1, -0.05) is 0 Å². The minimum atomic E-state index is -0.287. The van der Waals surface area contributed by atoms with Gasteiger partial charge in [0.2, 0.25) is 11.8 Å². The summed E-state index contributed by atoms with van der Waals surface area (Å²) in [4.78, 5) is 22.5. The minimum Gasteiger partial charge on any atom is -0.351 e. The van der Waals surface area contributed by atoms with E-state index in [4.69, 9.17) is 5.73 Å². The molecule has 0 spiro atoms. The largest absolute Gasteiger partial charge is 0.351 e. The van der Waals surface area contributed by atoms with Gasteiger partial charge in [-0.25, -0.2) is 0 Å². The van der Waals surface area contributed by atoms with Gasteiger partial charge in [0.1, 0.15) is 0 Å². The van der Waals surface area contributed by atoms with Crippen LogP contribution in [0.15, 0.2) is 0 Å². The van der Waals surface area contributed by atoms with E-state index in [0.717, 1.165) is 0 Å². The third kappa shape index (κ3) is 3.20. The zero-order chi connectivity index (χ0) is 11.5. The van der Waals surface area contributed by atoms with Crippen molar-refractivity contribution in [3.8, 4) is 0 Å². The number of amides is 2. The fourth-order valence-corrected chi connectivity index (χ4v) is 2.02. The van der Waals surface area contributed by atoms with Crippen LogP contribution in [-0.2, 0) is 9.59 Å². The van der Waals surface area contributed by atoms with E-state index in [1.54, 1.807) is 0 Å². The molecule has 5 nitrogen and oxygen atoms in total. The molecule has 90 valence electrons. The summed E-state index contributed by atoms with van der Waals surface area (Å²) in [5.41, 5.74) is 5.13. The molecule has 0 aliphatic heterocycles. The van der Waals surface area contributed by atoms with E-state index in [9.17, 15) is 9.59 Å². The van der Waals surface area contributed by atoms with Crippen molar-refractivity contribution in [3.63, 3.8) is 0 Å². The van der Waals surface area contributed by atoms with Crippen LogP contribution in [0.2, 0.25) is 0 Å². The van der Waals surface area contributed by atoms with Crippen LogP contribution < -0.4 is 16.4 Å². The summed E-state index contributed by atoms with van der Waals surface area (Å²) in [5.74, 6) is 0.985. The van der Waals surface area contributed by atoms with Gasteiger partial charge >= 0.3 is 0 Å². The molecule has 2 amide bonds. The molecular weight excluding hydrogens is 206 g/mol. The second-order valence-electron chi connectivity index (χ2n) is 4.75. The predicted molar refractivity (Wildman–Crippen MR) is 59.4 cm³/mol. The summed E-state index contributed by atoms with van der Waals surface area (Å²) >= 11 is 0. The Hall–Kier alpha value is -1.10. The number of carbonyl (C=O) groups excluding carboxylic acids is 2. The Morgan fingerprint density at radius 3 is 2.12 bits per heavy atom. The van der Waals surface area contributed by atoms with Gasteiger partial charge in [0, 0.05) is 6.04 Å². The average Bonchev–Trinajstić information content (AvgIpc) is 3.15. The first-order valence-corrected chi connectivity index (χ1v) is 5.97.